The molecule has 9 heteroatoms. The maximum absolute atomic E-state index is 13.0. The first-order valence-electron chi connectivity index (χ1n) is 8.93. The second-order valence-corrected chi connectivity index (χ2v) is 7.16. The minimum atomic E-state index is -4.51. The SMILES string of the molecule is COC[C@]1(C)CC(C#[N+]c2ncnc3[nH]c(C(F)(F)F)cc23)c2ccccc2O1. The fourth-order valence-electron chi connectivity index (χ4n) is 3.53. The first-order valence-corrected chi connectivity index (χ1v) is 8.93. The Balaban J connectivity index is 1.74. The monoisotopic (exact) mass is 403 g/mol. The number of benzene rings is 1. The van der Waals surface area contributed by atoms with E-state index in [1.165, 1.54) is 6.33 Å². The zero-order valence-electron chi connectivity index (χ0n) is 15.7. The smallest absolute Gasteiger partial charge is 0.438 e. The average molecular weight is 403 g/mol. The van der Waals surface area contributed by atoms with Gasteiger partial charge >= 0.3 is 12.0 Å². The fraction of sp³-hybridized carbons (Fsp3) is 0.350. The van der Waals surface area contributed by atoms with Crippen LogP contribution in [0.3, 0.4) is 0 Å². The first-order chi connectivity index (χ1) is 13.8. The summed E-state index contributed by atoms with van der Waals surface area (Å²) < 4.78 is 50.4. The number of nitrogens with zero attached hydrogens (tertiary/aromatic N) is 3. The quantitative estimate of drug-likeness (QED) is 0.660. The third-order valence-electron chi connectivity index (χ3n) is 4.77. The van der Waals surface area contributed by atoms with Crippen molar-refractivity contribution in [2.75, 3.05) is 13.7 Å². The van der Waals surface area contributed by atoms with E-state index in [0.717, 1.165) is 11.6 Å². The lowest BCUT2D eigenvalue weighted by molar-refractivity contribution is -0.140. The van der Waals surface area contributed by atoms with Gasteiger partial charge in [0, 0.05) is 19.1 Å². The summed E-state index contributed by atoms with van der Waals surface area (Å²) in [5.74, 6) is 0.602. The van der Waals surface area contributed by atoms with Crippen LogP contribution in [0.25, 0.3) is 15.9 Å². The van der Waals surface area contributed by atoms with Crippen LogP contribution in [0.5, 0.6) is 5.75 Å². The van der Waals surface area contributed by atoms with Crippen molar-refractivity contribution in [1.29, 1.82) is 0 Å². The van der Waals surface area contributed by atoms with E-state index in [9.17, 15) is 13.2 Å². The Kier molecular flexibility index (Phi) is 4.67. The van der Waals surface area contributed by atoms with Crippen LogP contribution in [0, 0.1) is 6.07 Å². The number of H-pyrrole nitrogens is 1. The maximum atomic E-state index is 13.0. The third-order valence-corrected chi connectivity index (χ3v) is 4.77. The van der Waals surface area contributed by atoms with E-state index in [1.807, 2.05) is 31.2 Å². The summed E-state index contributed by atoms with van der Waals surface area (Å²) in [5, 5.41) is 0.187. The lowest BCUT2D eigenvalue weighted by atomic mass is 9.84. The van der Waals surface area contributed by atoms with Gasteiger partial charge in [0.25, 0.3) is 0 Å². The van der Waals surface area contributed by atoms with E-state index in [1.54, 1.807) is 7.11 Å². The van der Waals surface area contributed by atoms with Gasteiger partial charge in [-0.1, -0.05) is 18.2 Å². The van der Waals surface area contributed by atoms with Crippen molar-refractivity contribution in [3.05, 3.63) is 52.8 Å². The number of aromatic amines is 1. The number of hydrogen-bond acceptors (Lipinski definition) is 4. The summed E-state index contributed by atoms with van der Waals surface area (Å²) in [6.45, 7) is 2.32. The van der Waals surface area contributed by atoms with Gasteiger partial charge in [-0.3, -0.25) is 0 Å². The molecular formula is C20H18F3N4O2+. The molecule has 0 amide bonds. The van der Waals surface area contributed by atoms with Gasteiger partial charge in [0.15, 0.2) is 11.7 Å². The van der Waals surface area contributed by atoms with Crippen molar-refractivity contribution in [3.8, 4) is 11.8 Å². The van der Waals surface area contributed by atoms with Gasteiger partial charge in [0.2, 0.25) is 6.33 Å². The number of methoxy groups -OCH3 is 1. The molecule has 1 aliphatic rings. The van der Waals surface area contributed by atoms with Gasteiger partial charge in [-0.05, 0) is 24.0 Å². The Morgan fingerprint density at radius 2 is 2.14 bits per heavy atom. The molecule has 150 valence electrons. The molecule has 0 bridgehead atoms. The third kappa shape index (κ3) is 3.76. The van der Waals surface area contributed by atoms with E-state index in [0.29, 0.717) is 18.8 Å². The lowest BCUT2D eigenvalue weighted by Gasteiger charge is -2.36. The highest BCUT2D eigenvalue weighted by atomic mass is 19.4. The van der Waals surface area contributed by atoms with Gasteiger partial charge in [0.1, 0.15) is 28.3 Å². The van der Waals surface area contributed by atoms with Crippen LogP contribution < -0.4 is 4.74 Å². The molecule has 0 aliphatic carbocycles. The molecule has 0 radical (unpaired) electrons. The molecule has 3 heterocycles. The van der Waals surface area contributed by atoms with E-state index in [2.05, 4.69) is 25.9 Å². The maximum Gasteiger partial charge on any atom is 0.438 e. The van der Waals surface area contributed by atoms with Crippen molar-refractivity contribution < 1.29 is 22.6 Å². The lowest BCUT2D eigenvalue weighted by Crippen LogP contribution is -2.41. The molecule has 1 aromatic carbocycles. The van der Waals surface area contributed by atoms with Crippen LogP contribution in [0.2, 0.25) is 0 Å². The van der Waals surface area contributed by atoms with Gasteiger partial charge in [-0.15, -0.1) is 0 Å². The Morgan fingerprint density at radius 1 is 1.34 bits per heavy atom. The second kappa shape index (κ2) is 7.04. The van der Waals surface area contributed by atoms with Crippen LogP contribution in [0.15, 0.2) is 36.7 Å². The van der Waals surface area contributed by atoms with Crippen LogP contribution >= 0.6 is 0 Å². The summed E-state index contributed by atoms with van der Waals surface area (Å²) in [5.41, 5.74) is -0.493. The fourth-order valence-corrected chi connectivity index (χ4v) is 3.53. The van der Waals surface area contributed by atoms with Crippen molar-refractivity contribution in [2.45, 2.75) is 31.0 Å². The highest BCUT2D eigenvalue weighted by molar-refractivity contribution is 5.88. The number of fused-ring (bicyclic) bond motifs is 2. The number of rotatable bonds is 2. The number of hydrogen-bond donors (Lipinski definition) is 1. The standard InChI is InChI=1S/C20H18F3N4O2/c1-19(10-28-2)8-12(13-5-3-4-6-15(13)29-19)9-24-17-14-7-16(20(21,22)23)27-18(14)26-11-25-17/h3-7,11-12H,8,10H2,1-2H3,(H,25,26,27)/q+1/t12?,19-/m0/s1. The van der Waals surface area contributed by atoms with Gasteiger partial charge < -0.3 is 14.5 Å². The van der Waals surface area contributed by atoms with E-state index < -0.39 is 17.5 Å². The van der Waals surface area contributed by atoms with Crippen LogP contribution in [-0.2, 0) is 10.9 Å². The molecule has 1 unspecified atom stereocenters. The normalized spacial score (nSPS) is 21.2. The van der Waals surface area contributed by atoms with Crippen LogP contribution in [0.1, 0.15) is 30.5 Å². The molecule has 1 N–H and O–H groups in total. The summed E-state index contributed by atoms with van der Waals surface area (Å²) in [7, 11) is 1.60. The zero-order valence-corrected chi connectivity index (χ0v) is 15.7. The molecular weight excluding hydrogens is 385 g/mol. The molecule has 0 fully saturated rings. The molecule has 2 atom stereocenters. The number of para-hydroxylation sites is 1. The molecule has 0 saturated heterocycles. The van der Waals surface area contributed by atoms with E-state index >= 15 is 0 Å². The molecule has 0 spiro atoms. The van der Waals surface area contributed by atoms with Gasteiger partial charge in [0.05, 0.1) is 6.61 Å². The Labute approximate surface area is 164 Å². The summed E-state index contributed by atoms with van der Waals surface area (Å²) in [4.78, 5) is 14.4. The summed E-state index contributed by atoms with van der Waals surface area (Å²) >= 11 is 0. The number of alkyl halides is 3. The second-order valence-electron chi connectivity index (χ2n) is 7.16. The predicted molar refractivity (Wildman–Crippen MR) is 101 cm³/mol. The molecule has 6 nitrogen and oxygen atoms in total. The molecule has 1 aliphatic heterocycles. The minimum Gasteiger partial charge on any atom is -0.485 e. The summed E-state index contributed by atoms with van der Waals surface area (Å²) in [6, 6.07) is 11.6. The topological polar surface area (TPSA) is 64.4 Å². The number of nitrogens with one attached hydrogen (secondary N) is 1. The Bertz CT molecular complexity index is 1120. The van der Waals surface area contributed by atoms with Gasteiger partial charge in [-0.2, -0.15) is 23.0 Å². The molecule has 0 saturated carbocycles. The highest BCUT2D eigenvalue weighted by Crippen LogP contribution is 2.41. The molecule has 3 aromatic rings. The number of halogens is 3. The Morgan fingerprint density at radius 3 is 2.90 bits per heavy atom. The largest absolute Gasteiger partial charge is 0.485 e. The zero-order chi connectivity index (χ0) is 20.6. The number of ether oxygens (including phenoxy) is 2. The van der Waals surface area contributed by atoms with Gasteiger partial charge in [-0.25, -0.2) is 0 Å². The molecule has 29 heavy (non-hydrogen) atoms. The Hall–Kier alpha value is -3.12. The van der Waals surface area contributed by atoms with E-state index in [-0.39, 0.29) is 22.8 Å². The first kappa shape index (κ1) is 19.2. The summed E-state index contributed by atoms with van der Waals surface area (Å²) in [6.07, 6.45) is -2.78. The van der Waals surface area contributed by atoms with Crippen molar-refractivity contribution in [3.63, 3.8) is 0 Å². The number of aromatic nitrogens is 3. The predicted octanol–water partition coefficient (Wildman–Crippen LogP) is 4.91. The average Bonchev–Trinajstić information content (AvgIpc) is 3.11. The molecule has 4 rings (SSSR count). The molecule has 2 aromatic heterocycles. The van der Waals surface area contributed by atoms with Crippen molar-refractivity contribution in [2.24, 2.45) is 0 Å². The van der Waals surface area contributed by atoms with E-state index in [4.69, 9.17) is 9.47 Å². The highest BCUT2D eigenvalue weighted by Gasteiger charge is 2.38. The van der Waals surface area contributed by atoms with Crippen LogP contribution in [0.4, 0.5) is 19.0 Å². The minimum absolute atomic E-state index is 0.0736. The van der Waals surface area contributed by atoms with Crippen LogP contribution in [-0.4, -0.2) is 34.3 Å². The van der Waals surface area contributed by atoms with Crippen molar-refractivity contribution in [1.82, 2.24) is 15.0 Å². The van der Waals surface area contributed by atoms with Crippen molar-refractivity contribution >= 4 is 16.9 Å².